The molecule has 0 bridgehead atoms. The highest BCUT2D eigenvalue weighted by Crippen LogP contribution is 2.16. The van der Waals surface area contributed by atoms with Gasteiger partial charge < -0.3 is 5.32 Å². The molecule has 4 heteroatoms. The third-order valence-electron chi connectivity index (χ3n) is 3.78. The van der Waals surface area contributed by atoms with Crippen LogP contribution in [0.15, 0.2) is 24.3 Å². The van der Waals surface area contributed by atoms with E-state index < -0.39 is 0 Å². The van der Waals surface area contributed by atoms with Crippen LogP contribution in [0.1, 0.15) is 41.0 Å². The molecular weight excluding hydrogens is 248 g/mol. The predicted molar refractivity (Wildman–Crippen MR) is 79.1 cm³/mol. The van der Waals surface area contributed by atoms with Gasteiger partial charge in [0.25, 0.3) is 0 Å². The smallest absolute Gasteiger partial charge is 0.0991 e. The molecule has 0 aliphatic heterocycles. The van der Waals surface area contributed by atoms with E-state index in [1.54, 1.807) is 0 Å². The molecule has 0 saturated carbocycles. The second-order valence-corrected chi connectivity index (χ2v) is 5.11. The first kappa shape index (κ1) is 14.3. The Bertz CT molecular complexity index is 632. The van der Waals surface area contributed by atoms with Crippen molar-refractivity contribution >= 4 is 0 Å². The zero-order valence-electron chi connectivity index (χ0n) is 12.4. The van der Waals surface area contributed by atoms with Crippen LogP contribution in [0, 0.1) is 25.2 Å². The molecule has 0 aliphatic carbocycles. The van der Waals surface area contributed by atoms with Crippen LogP contribution >= 0.6 is 0 Å². The Morgan fingerprint density at radius 3 is 2.45 bits per heavy atom. The van der Waals surface area contributed by atoms with Crippen LogP contribution in [0.3, 0.4) is 0 Å². The molecule has 1 N–H and O–H groups in total. The number of aromatic nitrogens is 2. The fourth-order valence-corrected chi connectivity index (χ4v) is 2.29. The lowest BCUT2D eigenvalue weighted by molar-refractivity contribution is 0.571. The maximum absolute atomic E-state index is 8.81. The molecule has 0 amide bonds. The maximum Gasteiger partial charge on any atom is 0.0991 e. The van der Waals surface area contributed by atoms with Crippen molar-refractivity contribution in [2.24, 2.45) is 7.05 Å². The lowest BCUT2D eigenvalue weighted by Gasteiger charge is -2.14. The van der Waals surface area contributed by atoms with Crippen molar-refractivity contribution in [3.8, 4) is 6.07 Å². The third kappa shape index (κ3) is 2.89. The molecule has 1 heterocycles. The van der Waals surface area contributed by atoms with Gasteiger partial charge in [0.2, 0.25) is 0 Å². The van der Waals surface area contributed by atoms with Crippen LogP contribution < -0.4 is 5.32 Å². The minimum absolute atomic E-state index is 0.238. The minimum atomic E-state index is 0.238. The number of hydrogen-bond acceptors (Lipinski definition) is 3. The summed E-state index contributed by atoms with van der Waals surface area (Å²) in [6.07, 6.45) is 0. The molecule has 0 spiro atoms. The molecule has 2 rings (SSSR count). The van der Waals surface area contributed by atoms with Crippen LogP contribution in [-0.4, -0.2) is 9.78 Å². The molecule has 104 valence electrons. The standard InChI is InChI=1S/C16H20N4/c1-11(15-7-5-14(9-17)6-8-15)18-10-16-12(2)19-20(4)13(16)3/h5-8,11,18H,10H2,1-4H3. The molecule has 1 aromatic heterocycles. The number of nitrogens with one attached hydrogen (secondary N) is 1. The molecule has 0 saturated heterocycles. The molecule has 1 unspecified atom stereocenters. The highest BCUT2D eigenvalue weighted by atomic mass is 15.3. The maximum atomic E-state index is 8.81. The van der Waals surface area contributed by atoms with Crippen LogP contribution in [0.5, 0.6) is 0 Å². The Labute approximate surface area is 120 Å². The van der Waals surface area contributed by atoms with Crippen LogP contribution in [-0.2, 0) is 13.6 Å². The van der Waals surface area contributed by atoms with Gasteiger partial charge in [0.1, 0.15) is 0 Å². The van der Waals surface area contributed by atoms with Crippen molar-refractivity contribution in [2.75, 3.05) is 0 Å². The van der Waals surface area contributed by atoms with Gasteiger partial charge in [-0.3, -0.25) is 4.68 Å². The first-order chi connectivity index (χ1) is 9.52. The van der Waals surface area contributed by atoms with Crippen molar-refractivity contribution in [2.45, 2.75) is 33.4 Å². The molecule has 0 radical (unpaired) electrons. The summed E-state index contributed by atoms with van der Waals surface area (Å²) in [6.45, 7) is 7.05. The summed E-state index contributed by atoms with van der Waals surface area (Å²) in [6, 6.07) is 10.1. The number of rotatable bonds is 4. The Hall–Kier alpha value is -2.12. The van der Waals surface area contributed by atoms with Gasteiger partial charge in [-0.25, -0.2) is 0 Å². The van der Waals surface area contributed by atoms with E-state index in [4.69, 9.17) is 5.26 Å². The molecule has 1 atom stereocenters. The van der Waals surface area contributed by atoms with E-state index in [2.05, 4.69) is 30.3 Å². The zero-order valence-corrected chi connectivity index (χ0v) is 12.4. The molecule has 1 aromatic carbocycles. The Morgan fingerprint density at radius 2 is 1.95 bits per heavy atom. The molecule has 0 aliphatic rings. The number of nitrogens with zero attached hydrogens (tertiary/aromatic N) is 3. The summed E-state index contributed by atoms with van der Waals surface area (Å²) in [4.78, 5) is 0. The quantitative estimate of drug-likeness (QED) is 0.927. The van der Waals surface area contributed by atoms with E-state index in [1.165, 1.54) is 16.8 Å². The summed E-state index contributed by atoms with van der Waals surface area (Å²) in [5.74, 6) is 0. The van der Waals surface area contributed by atoms with Gasteiger partial charge in [-0.15, -0.1) is 0 Å². The number of benzene rings is 1. The monoisotopic (exact) mass is 268 g/mol. The Balaban J connectivity index is 2.04. The SMILES string of the molecule is Cc1nn(C)c(C)c1CNC(C)c1ccc(C#N)cc1. The highest BCUT2D eigenvalue weighted by Gasteiger charge is 2.11. The summed E-state index contributed by atoms with van der Waals surface area (Å²) >= 11 is 0. The molecule has 2 aromatic rings. The van der Waals surface area contributed by atoms with E-state index in [0.717, 1.165) is 12.2 Å². The van der Waals surface area contributed by atoms with Crippen molar-refractivity contribution in [1.82, 2.24) is 15.1 Å². The van der Waals surface area contributed by atoms with Gasteiger partial charge in [0, 0.05) is 30.9 Å². The second kappa shape index (κ2) is 5.89. The van der Waals surface area contributed by atoms with Gasteiger partial charge in [0.05, 0.1) is 17.3 Å². The summed E-state index contributed by atoms with van der Waals surface area (Å²) < 4.78 is 1.92. The van der Waals surface area contributed by atoms with E-state index in [1.807, 2.05) is 42.9 Å². The van der Waals surface area contributed by atoms with Crippen LogP contribution in [0.2, 0.25) is 0 Å². The first-order valence-electron chi connectivity index (χ1n) is 6.75. The lowest BCUT2D eigenvalue weighted by atomic mass is 10.1. The lowest BCUT2D eigenvalue weighted by Crippen LogP contribution is -2.18. The minimum Gasteiger partial charge on any atom is -0.306 e. The average Bonchev–Trinajstić information content (AvgIpc) is 2.70. The summed E-state index contributed by atoms with van der Waals surface area (Å²) in [7, 11) is 1.97. The van der Waals surface area contributed by atoms with E-state index in [-0.39, 0.29) is 6.04 Å². The molecule has 20 heavy (non-hydrogen) atoms. The van der Waals surface area contributed by atoms with Gasteiger partial charge in [-0.1, -0.05) is 12.1 Å². The number of nitriles is 1. The Morgan fingerprint density at radius 1 is 1.30 bits per heavy atom. The van der Waals surface area contributed by atoms with Crippen LogP contribution in [0.4, 0.5) is 0 Å². The second-order valence-electron chi connectivity index (χ2n) is 5.11. The molecule has 4 nitrogen and oxygen atoms in total. The van der Waals surface area contributed by atoms with Crippen molar-refractivity contribution in [3.05, 3.63) is 52.3 Å². The summed E-state index contributed by atoms with van der Waals surface area (Å²) in [5.41, 5.74) is 5.41. The zero-order chi connectivity index (χ0) is 14.7. The average molecular weight is 268 g/mol. The fraction of sp³-hybridized carbons (Fsp3) is 0.375. The van der Waals surface area contributed by atoms with Gasteiger partial charge >= 0.3 is 0 Å². The fourth-order valence-electron chi connectivity index (χ4n) is 2.29. The first-order valence-corrected chi connectivity index (χ1v) is 6.75. The van der Waals surface area contributed by atoms with Crippen LogP contribution in [0.25, 0.3) is 0 Å². The number of aryl methyl sites for hydroxylation is 2. The summed E-state index contributed by atoms with van der Waals surface area (Å²) in [5, 5.41) is 16.7. The van der Waals surface area contributed by atoms with Gasteiger partial charge in [-0.05, 0) is 38.5 Å². The van der Waals surface area contributed by atoms with Crippen molar-refractivity contribution < 1.29 is 0 Å². The molecular formula is C16H20N4. The van der Waals surface area contributed by atoms with Gasteiger partial charge in [0.15, 0.2) is 0 Å². The van der Waals surface area contributed by atoms with E-state index in [0.29, 0.717) is 5.56 Å². The predicted octanol–water partition coefficient (Wildman–Crippen LogP) is 2.76. The molecule has 0 fully saturated rings. The topological polar surface area (TPSA) is 53.6 Å². The highest BCUT2D eigenvalue weighted by molar-refractivity contribution is 5.33. The van der Waals surface area contributed by atoms with Crippen molar-refractivity contribution in [3.63, 3.8) is 0 Å². The third-order valence-corrected chi connectivity index (χ3v) is 3.78. The van der Waals surface area contributed by atoms with Crippen molar-refractivity contribution in [1.29, 1.82) is 5.26 Å². The van der Waals surface area contributed by atoms with E-state index in [9.17, 15) is 0 Å². The normalized spacial score (nSPS) is 12.2. The number of hydrogen-bond donors (Lipinski definition) is 1. The van der Waals surface area contributed by atoms with Gasteiger partial charge in [-0.2, -0.15) is 10.4 Å². The van der Waals surface area contributed by atoms with E-state index >= 15 is 0 Å². The largest absolute Gasteiger partial charge is 0.306 e. The Kier molecular flexibility index (Phi) is 4.21.